The second kappa shape index (κ2) is 22.5. The standard InChI is InChI=1S/C17H26O2.C14H13O.C8H18/c1-5-7-13-17(3,12-6-2)16(18)14-8-10-15(19-4)11-9-14;1-2-5-9-13(10-6-3-1)15-14-11-7-4-8-12-14;1-4-5-6-7-8(2)3/h8-11H,5-7,12-13H2,1-4H3;1-13H;8H,4-7H2,1-3H3/b;2-1-,6-3?,9-5-;. The fraction of sp³-hybridized carbons (Fsp3) is 0.487. The Hall–Kier alpha value is -3.07. The van der Waals surface area contributed by atoms with Crippen LogP contribution in [0.15, 0.2) is 91.1 Å². The van der Waals surface area contributed by atoms with Crippen molar-refractivity contribution in [1.82, 2.24) is 0 Å². The zero-order valence-electron chi connectivity index (χ0n) is 27.5. The minimum Gasteiger partial charge on any atom is -0.497 e. The first kappa shape index (κ1) is 37.0. The lowest BCUT2D eigenvalue weighted by atomic mass is 9.75. The molecule has 0 bridgehead atoms. The van der Waals surface area contributed by atoms with Gasteiger partial charge in [-0.2, -0.15) is 0 Å². The Labute approximate surface area is 258 Å². The van der Waals surface area contributed by atoms with Crippen molar-refractivity contribution in [2.75, 3.05) is 7.11 Å². The third kappa shape index (κ3) is 15.8. The summed E-state index contributed by atoms with van der Waals surface area (Å²) in [6.07, 6.45) is 24.8. The highest BCUT2D eigenvalue weighted by molar-refractivity contribution is 6.00. The molecule has 2 aromatic carbocycles. The molecule has 3 heteroatoms. The van der Waals surface area contributed by atoms with Crippen LogP contribution in [0.4, 0.5) is 0 Å². The number of para-hydroxylation sites is 1. The van der Waals surface area contributed by atoms with Crippen LogP contribution in [-0.4, -0.2) is 19.0 Å². The summed E-state index contributed by atoms with van der Waals surface area (Å²) in [4.78, 5) is 12.7. The van der Waals surface area contributed by atoms with Gasteiger partial charge in [-0.15, -0.1) is 0 Å². The van der Waals surface area contributed by atoms with Crippen LogP contribution < -0.4 is 9.47 Å². The first-order chi connectivity index (χ1) is 20.3. The maximum Gasteiger partial charge on any atom is 0.168 e. The molecular formula is C39H57O3. The van der Waals surface area contributed by atoms with Crippen molar-refractivity contribution in [3.8, 4) is 11.5 Å². The molecule has 0 N–H and O–H groups in total. The van der Waals surface area contributed by atoms with Crippen LogP contribution in [0.25, 0.3) is 0 Å². The summed E-state index contributed by atoms with van der Waals surface area (Å²) in [6.45, 7) is 13.3. The van der Waals surface area contributed by atoms with Crippen molar-refractivity contribution in [2.45, 2.75) is 105 Å². The third-order valence-corrected chi connectivity index (χ3v) is 7.23. The number of carbonyl (C=O) groups excluding carboxylic acids is 1. The molecule has 42 heavy (non-hydrogen) atoms. The zero-order chi connectivity index (χ0) is 31.1. The van der Waals surface area contributed by atoms with Gasteiger partial charge in [0, 0.05) is 17.4 Å². The van der Waals surface area contributed by atoms with Crippen LogP contribution in [0.2, 0.25) is 0 Å². The molecule has 2 aromatic rings. The van der Waals surface area contributed by atoms with Gasteiger partial charge in [-0.05, 0) is 61.2 Å². The van der Waals surface area contributed by atoms with Crippen LogP contribution in [-0.2, 0) is 0 Å². The van der Waals surface area contributed by atoms with E-state index in [1.807, 2.05) is 97.5 Å². The number of methoxy groups -OCH3 is 1. The molecule has 2 unspecified atom stereocenters. The fourth-order valence-corrected chi connectivity index (χ4v) is 4.70. The summed E-state index contributed by atoms with van der Waals surface area (Å²) in [7, 11) is 1.64. The van der Waals surface area contributed by atoms with E-state index in [1.165, 1.54) is 25.7 Å². The predicted molar refractivity (Wildman–Crippen MR) is 181 cm³/mol. The molecule has 231 valence electrons. The molecule has 0 spiro atoms. The molecule has 3 nitrogen and oxygen atoms in total. The van der Waals surface area contributed by atoms with Crippen LogP contribution in [0.1, 0.15) is 110 Å². The van der Waals surface area contributed by atoms with E-state index in [9.17, 15) is 4.79 Å². The fourth-order valence-electron chi connectivity index (χ4n) is 4.70. The lowest BCUT2D eigenvalue weighted by Gasteiger charge is -2.28. The quantitative estimate of drug-likeness (QED) is 0.166. The summed E-state index contributed by atoms with van der Waals surface area (Å²) < 4.78 is 10.9. The number of unbranched alkanes of at least 4 members (excludes halogenated alkanes) is 3. The number of rotatable bonds is 14. The van der Waals surface area contributed by atoms with E-state index in [-0.39, 0.29) is 17.3 Å². The van der Waals surface area contributed by atoms with E-state index in [2.05, 4.69) is 41.5 Å². The number of benzene rings is 2. The van der Waals surface area contributed by atoms with E-state index in [4.69, 9.17) is 9.47 Å². The molecule has 2 atom stereocenters. The summed E-state index contributed by atoms with van der Waals surface area (Å²) >= 11 is 0. The van der Waals surface area contributed by atoms with Crippen LogP contribution in [0, 0.1) is 17.8 Å². The number of hydrogen-bond donors (Lipinski definition) is 0. The Morgan fingerprint density at radius 3 is 2.00 bits per heavy atom. The molecule has 0 saturated heterocycles. The Kier molecular flexibility index (Phi) is 19.8. The van der Waals surface area contributed by atoms with Crippen LogP contribution >= 0.6 is 0 Å². The molecule has 0 amide bonds. The van der Waals surface area contributed by atoms with Crippen LogP contribution in [0.5, 0.6) is 11.5 Å². The van der Waals surface area contributed by atoms with Gasteiger partial charge in [-0.1, -0.05) is 135 Å². The second-order valence-electron chi connectivity index (χ2n) is 11.6. The van der Waals surface area contributed by atoms with Gasteiger partial charge >= 0.3 is 0 Å². The smallest absolute Gasteiger partial charge is 0.168 e. The molecule has 1 radical (unpaired) electrons. The van der Waals surface area contributed by atoms with Crippen LogP contribution in [0.3, 0.4) is 0 Å². The molecule has 0 fully saturated rings. The minimum absolute atomic E-state index is 0.00796. The van der Waals surface area contributed by atoms with E-state index in [1.54, 1.807) is 7.11 Å². The van der Waals surface area contributed by atoms with Gasteiger partial charge in [0.25, 0.3) is 0 Å². The Morgan fingerprint density at radius 2 is 1.40 bits per heavy atom. The van der Waals surface area contributed by atoms with Crippen molar-refractivity contribution >= 4 is 5.78 Å². The van der Waals surface area contributed by atoms with Crippen molar-refractivity contribution in [3.05, 3.63) is 103 Å². The van der Waals surface area contributed by atoms with Gasteiger partial charge in [0.1, 0.15) is 17.6 Å². The first-order valence-corrected chi connectivity index (χ1v) is 16.0. The monoisotopic (exact) mass is 573 g/mol. The summed E-state index contributed by atoms with van der Waals surface area (Å²) in [5, 5.41) is 0. The van der Waals surface area contributed by atoms with Crippen molar-refractivity contribution < 1.29 is 14.3 Å². The van der Waals surface area contributed by atoms with Crippen molar-refractivity contribution in [1.29, 1.82) is 0 Å². The SMILES string of the molecule is CCCCC(C)(CCC)C(=O)c1ccc(OC)cc1.CCCCCC(C)C.[CH]1C=C/C=C\C=C/C1Oc1ccccc1. The molecule has 0 aliphatic heterocycles. The molecule has 0 aromatic heterocycles. The lowest BCUT2D eigenvalue weighted by molar-refractivity contribution is 0.0781. The lowest BCUT2D eigenvalue weighted by Crippen LogP contribution is -2.28. The molecule has 1 aliphatic carbocycles. The summed E-state index contributed by atoms with van der Waals surface area (Å²) in [5.41, 5.74) is 0.576. The van der Waals surface area contributed by atoms with Gasteiger partial charge in [0.05, 0.1) is 7.11 Å². The number of Topliss-reactive ketones (excluding diaryl/α,β-unsaturated/α-hetero) is 1. The van der Waals surface area contributed by atoms with E-state index in [0.717, 1.165) is 55.1 Å². The van der Waals surface area contributed by atoms with Gasteiger partial charge in [-0.3, -0.25) is 4.79 Å². The Balaban J connectivity index is 0.000000341. The molecule has 0 heterocycles. The second-order valence-corrected chi connectivity index (χ2v) is 11.6. The van der Waals surface area contributed by atoms with E-state index in [0.29, 0.717) is 0 Å². The highest BCUT2D eigenvalue weighted by Crippen LogP contribution is 2.34. The highest BCUT2D eigenvalue weighted by atomic mass is 16.5. The average molecular weight is 574 g/mol. The Morgan fingerprint density at radius 1 is 0.762 bits per heavy atom. The summed E-state index contributed by atoms with van der Waals surface area (Å²) in [5.74, 6) is 2.86. The van der Waals surface area contributed by atoms with Gasteiger partial charge < -0.3 is 9.47 Å². The van der Waals surface area contributed by atoms with E-state index < -0.39 is 0 Å². The number of allylic oxidation sites excluding steroid dienone is 4. The number of hydrogen-bond acceptors (Lipinski definition) is 3. The van der Waals surface area contributed by atoms with Gasteiger partial charge in [0.15, 0.2) is 5.78 Å². The summed E-state index contributed by atoms with van der Waals surface area (Å²) in [6, 6.07) is 17.3. The Bertz CT molecular complexity index is 1030. The average Bonchev–Trinajstić information content (AvgIpc) is 2.98. The number of carbonyl (C=O) groups is 1. The molecular weight excluding hydrogens is 516 g/mol. The predicted octanol–water partition coefficient (Wildman–Crippen LogP) is 11.4. The first-order valence-electron chi connectivity index (χ1n) is 16.0. The highest BCUT2D eigenvalue weighted by Gasteiger charge is 2.32. The minimum atomic E-state index is -0.223. The largest absolute Gasteiger partial charge is 0.497 e. The van der Waals surface area contributed by atoms with Crippen molar-refractivity contribution in [3.63, 3.8) is 0 Å². The molecule has 0 saturated carbocycles. The number of ether oxygens (including phenoxy) is 2. The molecule has 1 aliphatic rings. The number of ketones is 1. The maximum atomic E-state index is 12.7. The van der Waals surface area contributed by atoms with Gasteiger partial charge in [-0.25, -0.2) is 0 Å². The normalized spacial score (nSPS) is 16.8. The zero-order valence-corrected chi connectivity index (χ0v) is 27.5. The topological polar surface area (TPSA) is 35.5 Å². The van der Waals surface area contributed by atoms with Gasteiger partial charge in [0.2, 0.25) is 0 Å². The maximum absolute atomic E-state index is 12.7. The molecule has 3 rings (SSSR count). The van der Waals surface area contributed by atoms with Crippen molar-refractivity contribution in [2.24, 2.45) is 11.3 Å². The third-order valence-electron chi connectivity index (χ3n) is 7.23. The van der Waals surface area contributed by atoms with E-state index >= 15 is 0 Å².